The van der Waals surface area contributed by atoms with Crippen LogP contribution in [0.25, 0.3) is 0 Å². The van der Waals surface area contributed by atoms with Crippen molar-refractivity contribution in [2.75, 3.05) is 68.2 Å². The minimum absolute atomic E-state index is 0.216. The Kier molecular flexibility index (Phi) is 7.83. The van der Waals surface area contributed by atoms with E-state index in [9.17, 15) is 22.8 Å². The maximum absolute atomic E-state index is 13.4. The average molecular weight is 527 g/mol. The molecule has 10 nitrogen and oxygen atoms in total. The van der Waals surface area contributed by atoms with Gasteiger partial charge in [-0.3, -0.25) is 4.90 Å². The minimum atomic E-state index is -4.45. The van der Waals surface area contributed by atoms with Crippen LogP contribution in [0, 0.1) is 0 Å². The molecule has 0 saturated carbocycles. The van der Waals surface area contributed by atoms with E-state index in [1.54, 1.807) is 17.2 Å². The van der Waals surface area contributed by atoms with Crippen molar-refractivity contribution in [3.8, 4) is 0 Å². The second kappa shape index (κ2) is 10.9. The van der Waals surface area contributed by atoms with Gasteiger partial charge in [-0.15, -0.1) is 5.10 Å². The fourth-order valence-electron chi connectivity index (χ4n) is 4.41. The summed E-state index contributed by atoms with van der Waals surface area (Å²) in [6.45, 7) is 4.09. The highest BCUT2D eigenvalue weighted by molar-refractivity contribution is 7.99. The molecule has 196 valence electrons. The number of nitrogens with two attached hydrogens (primary N) is 1. The summed E-state index contributed by atoms with van der Waals surface area (Å²) in [5, 5.41) is 4.22. The molecule has 4 rings (SSSR count). The molecule has 14 heteroatoms. The van der Waals surface area contributed by atoms with Crippen molar-refractivity contribution < 1.29 is 22.8 Å². The Labute approximate surface area is 211 Å². The van der Waals surface area contributed by atoms with E-state index in [0.717, 1.165) is 11.6 Å². The predicted octanol–water partition coefficient (Wildman–Crippen LogP) is 2.58. The van der Waals surface area contributed by atoms with Crippen LogP contribution in [0.2, 0.25) is 0 Å². The maximum atomic E-state index is 13.4. The largest absolute Gasteiger partial charge is 0.416 e. The molecule has 1 aromatic carbocycles. The van der Waals surface area contributed by atoms with Crippen LogP contribution >= 0.6 is 11.9 Å². The minimum Gasteiger partial charge on any atom is -0.368 e. The van der Waals surface area contributed by atoms with Gasteiger partial charge in [0.15, 0.2) is 5.82 Å². The van der Waals surface area contributed by atoms with Gasteiger partial charge >= 0.3 is 18.2 Å². The SMILES string of the molecule is CSNc1ccn(C(=O)N2CCN(Cc3ccc(C(F)(F)F)cc3N3CCN(C(N)=O)CC3)CC2)n1. The van der Waals surface area contributed by atoms with Gasteiger partial charge in [0.1, 0.15) is 0 Å². The molecule has 0 aliphatic carbocycles. The molecule has 1 aromatic heterocycles. The topological polar surface area (TPSA) is 103 Å². The molecule has 2 aromatic rings. The third-order valence-corrected chi connectivity index (χ3v) is 6.79. The molecule has 0 spiro atoms. The number of aromatic nitrogens is 2. The van der Waals surface area contributed by atoms with E-state index in [4.69, 9.17) is 5.73 Å². The average Bonchev–Trinajstić information content (AvgIpc) is 3.32. The monoisotopic (exact) mass is 526 g/mol. The van der Waals surface area contributed by atoms with Crippen LogP contribution in [-0.4, -0.2) is 95.2 Å². The number of urea groups is 1. The number of rotatable bonds is 5. The van der Waals surface area contributed by atoms with Crippen molar-refractivity contribution in [2.45, 2.75) is 12.7 Å². The summed E-state index contributed by atoms with van der Waals surface area (Å²) in [7, 11) is 0. The Morgan fingerprint density at radius 1 is 1.03 bits per heavy atom. The van der Waals surface area contributed by atoms with Gasteiger partial charge in [-0.1, -0.05) is 18.0 Å². The van der Waals surface area contributed by atoms with Crippen molar-refractivity contribution in [1.82, 2.24) is 24.5 Å². The molecule has 0 unspecified atom stereocenters. The number of benzene rings is 1. The van der Waals surface area contributed by atoms with Crippen molar-refractivity contribution in [3.63, 3.8) is 0 Å². The highest BCUT2D eigenvalue weighted by Gasteiger charge is 2.33. The number of piperazine rings is 2. The zero-order valence-electron chi connectivity index (χ0n) is 19.9. The van der Waals surface area contributed by atoms with Crippen molar-refractivity contribution >= 4 is 35.5 Å². The molecule has 2 aliphatic rings. The van der Waals surface area contributed by atoms with Gasteiger partial charge in [0.05, 0.1) is 5.56 Å². The van der Waals surface area contributed by atoms with Gasteiger partial charge in [0, 0.05) is 83.1 Å². The summed E-state index contributed by atoms with van der Waals surface area (Å²) in [5.74, 6) is 0.598. The number of nitrogens with zero attached hydrogens (tertiary/aromatic N) is 6. The standard InChI is InChI=1S/C22H29F3N8O2S/c1-36-28-19-4-5-33(27-19)21(35)32-8-6-29(7-9-32)15-16-2-3-17(22(23,24)25)14-18(16)30-10-12-31(13-11-30)20(26)34/h2-5,14H,6-13,15H2,1H3,(H2,26,34)(H,27,28). The van der Waals surface area contributed by atoms with Crippen molar-refractivity contribution in [1.29, 1.82) is 0 Å². The van der Waals surface area contributed by atoms with Crippen molar-refractivity contribution in [3.05, 3.63) is 41.6 Å². The Bertz CT molecular complexity index is 1080. The van der Waals surface area contributed by atoms with E-state index < -0.39 is 17.8 Å². The second-order valence-electron chi connectivity index (χ2n) is 8.65. The van der Waals surface area contributed by atoms with Crippen LogP contribution in [-0.2, 0) is 12.7 Å². The summed E-state index contributed by atoms with van der Waals surface area (Å²) in [6.07, 6.45) is -0.977. The molecule has 36 heavy (non-hydrogen) atoms. The van der Waals surface area contributed by atoms with E-state index in [-0.39, 0.29) is 6.03 Å². The van der Waals surface area contributed by atoms with E-state index in [0.29, 0.717) is 70.4 Å². The highest BCUT2D eigenvalue weighted by atomic mass is 32.2. The molecular weight excluding hydrogens is 497 g/mol. The number of nitrogens with one attached hydrogen (secondary N) is 1. The lowest BCUT2D eigenvalue weighted by Gasteiger charge is -2.38. The second-order valence-corrected chi connectivity index (χ2v) is 9.26. The molecule has 2 aliphatic heterocycles. The zero-order valence-corrected chi connectivity index (χ0v) is 20.7. The van der Waals surface area contributed by atoms with Gasteiger partial charge in [0.2, 0.25) is 0 Å². The summed E-state index contributed by atoms with van der Waals surface area (Å²) in [4.78, 5) is 31.4. The number of hydrogen-bond donors (Lipinski definition) is 2. The fraction of sp³-hybridized carbons (Fsp3) is 0.500. The van der Waals surface area contributed by atoms with Crippen LogP contribution in [0.15, 0.2) is 30.5 Å². The third-order valence-electron chi connectivity index (χ3n) is 6.37. The smallest absolute Gasteiger partial charge is 0.368 e. The van der Waals surface area contributed by atoms with E-state index in [2.05, 4.69) is 14.7 Å². The predicted molar refractivity (Wildman–Crippen MR) is 132 cm³/mol. The first-order chi connectivity index (χ1) is 17.2. The first-order valence-electron chi connectivity index (χ1n) is 11.5. The Balaban J connectivity index is 1.42. The summed E-state index contributed by atoms with van der Waals surface area (Å²) in [6, 6.07) is 4.80. The lowest BCUT2D eigenvalue weighted by molar-refractivity contribution is -0.137. The summed E-state index contributed by atoms with van der Waals surface area (Å²) in [5.41, 5.74) is 5.93. The van der Waals surface area contributed by atoms with E-state index in [1.165, 1.54) is 33.7 Å². The first kappa shape index (κ1) is 25.9. The summed E-state index contributed by atoms with van der Waals surface area (Å²) < 4.78 is 44.6. The lowest BCUT2D eigenvalue weighted by Crippen LogP contribution is -2.51. The molecule has 3 heterocycles. The molecule has 2 saturated heterocycles. The number of carbonyl (C=O) groups is 2. The molecule has 2 fully saturated rings. The van der Waals surface area contributed by atoms with E-state index >= 15 is 0 Å². The number of halogens is 3. The maximum Gasteiger partial charge on any atom is 0.416 e. The molecular formula is C22H29F3N8O2S. The number of amides is 3. The van der Waals surface area contributed by atoms with Crippen LogP contribution in [0.1, 0.15) is 11.1 Å². The van der Waals surface area contributed by atoms with Gasteiger partial charge in [0.25, 0.3) is 0 Å². The lowest BCUT2D eigenvalue weighted by atomic mass is 10.1. The summed E-state index contributed by atoms with van der Waals surface area (Å²) >= 11 is 1.39. The number of carbonyl (C=O) groups excluding carboxylic acids is 2. The van der Waals surface area contributed by atoms with Gasteiger partial charge in [-0.05, 0) is 17.7 Å². The number of alkyl halides is 3. The third kappa shape index (κ3) is 5.98. The van der Waals surface area contributed by atoms with Gasteiger partial charge < -0.3 is 25.2 Å². The Morgan fingerprint density at radius 2 is 1.69 bits per heavy atom. The highest BCUT2D eigenvalue weighted by Crippen LogP contribution is 2.34. The number of primary amides is 1. The van der Waals surface area contributed by atoms with Crippen LogP contribution in [0.5, 0.6) is 0 Å². The van der Waals surface area contributed by atoms with Crippen molar-refractivity contribution in [2.24, 2.45) is 5.73 Å². The molecule has 0 bridgehead atoms. The fourth-order valence-corrected chi connectivity index (χ4v) is 4.73. The van der Waals surface area contributed by atoms with E-state index in [1.807, 2.05) is 11.2 Å². The van der Waals surface area contributed by atoms with Crippen LogP contribution < -0.4 is 15.4 Å². The normalized spacial score (nSPS) is 17.4. The quantitative estimate of drug-likeness (QED) is 0.578. The molecule has 3 N–H and O–H groups in total. The molecule has 0 radical (unpaired) electrons. The number of hydrogen-bond acceptors (Lipinski definition) is 7. The van der Waals surface area contributed by atoms with Gasteiger partial charge in [-0.25, -0.2) is 9.59 Å². The molecule has 3 amide bonds. The number of anilines is 2. The van der Waals surface area contributed by atoms with Crippen LogP contribution in [0.4, 0.5) is 34.3 Å². The molecule has 0 atom stereocenters. The first-order valence-corrected chi connectivity index (χ1v) is 12.7. The van der Waals surface area contributed by atoms with Gasteiger partial charge in [-0.2, -0.15) is 17.9 Å². The Morgan fingerprint density at radius 3 is 2.31 bits per heavy atom. The Hall–Kier alpha value is -3.13. The zero-order chi connectivity index (χ0) is 25.9. The van der Waals surface area contributed by atoms with Crippen LogP contribution in [0.3, 0.4) is 0 Å².